The lowest BCUT2D eigenvalue weighted by atomic mass is 10.1. The summed E-state index contributed by atoms with van der Waals surface area (Å²) in [7, 11) is 3.89. The van der Waals surface area contributed by atoms with Gasteiger partial charge in [0, 0.05) is 26.7 Å². The van der Waals surface area contributed by atoms with Gasteiger partial charge in [0.05, 0.1) is 17.7 Å². The van der Waals surface area contributed by atoms with Gasteiger partial charge in [0.2, 0.25) is 5.88 Å². The van der Waals surface area contributed by atoms with E-state index in [1.807, 2.05) is 64.3 Å². The molecule has 5 nitrogen and oxygen atoms in total. The monoisotopic (exact) mass is 300 g/mol. The van der Waals surface area contributed by atoms with Crippen molar-refractivity contribution >= 4 is 12.0 Å². The molecule has 0 aliphatic carbocycles. The number of nitrogens with zero attached hydrogens (tertiary/aromatic N) is 4. The predicted molar refractivity (Wildman–Crippen MR) is 90.4 cm³/mol. The second-order valence-electron chi connectivity index (χ2n) is 5.57. The van der Waals surface area contributed by atoms with Crippen LogP contribution in [0.2, 0.25) is 0 Å². The molecule has 0 aliphatic rings. The van der Waals surface area contributed by atoms with E-state index in [0.717, 1.165) is 40.7 Å². The van der Waals surface area contributed by atoms with Crippen molar-refractivity contribution in [3.63, 3.8) is 0 Å². The molecule has 0 atom stereocenters. The van der Waals surface area contributed by atoms with Gasteiger partial charge in [-0.25, -0.2) is 9.67 Å². The lowest BCUT2D eigenvalue weighted by Gasteiger charge is -2.12. The molecule has 1 heterocycles. The van der Waals surface area contributed by atoms with E-state index in [1.54, 1.807) is 4.68 Å². The first-order valence-corrected chi connectivity index (χ1v) is 7.45. The van der Waals surface area contributed by atoms with Gasteiger partial charge in [-0.2, -0.15) is 5.10 Å². The van der Waals surface area contributed by atoms with Crippen LogP contribution < -0.4 is 4.74 Å². The van der Waals surface area contributed by atoms with Crippen molar-refractivity contribution in [2.75, 3.05) is 13.6 Å². The molecule has 0 radical (unpaired) electrons. The SMILES string of the molecule is CCN(C)C=Nc1cc(C)c(Oc2cc(C)nn2C)cc1C. The van der Waals surface area contributed by atoms with Crippen LogP contribution in [0.1, 0.15) is 23.7 Å². The summed E-state index contributed by atoms with van der Waals surface area (Å²) in [6, 6.07) is 6.00. The number of aliphatic imine (C=N–C) groups is 1. The molecule has 0 bridgehead atoms. The maximum atomic E-state index is 5.98. The largest absolute Gasteiger partial charge is 0.439 e. The smallest absolute Gasteiger partial charge is 0.217 e. The minimum Gasteiger partial charge on any atom is -0.439 e. The Morgan fingerprint density at radius 1 is 1.23 bits per heavy atom. The first-order valence-electron chi connectivity index (χ1n) is 7.45. The molecule has 1 aromatic heterocycles. The van der Waals surface area contributed by atoms with Gasteiger partial charge in [0.1, 0.15) is 5.75 Å². The summed E-state index contributed by atoms with van der Waals surface area (Å²) in [6.07, 6.45) is 1.85. The minimum atomic E-state index is 0.738. The molecule has 0 N–H and O–H groups in total. The molecular weight excluding hydrogens is 276 g/mol. The number of aromatic nitrogens is 2. The summed E-state index contributed by atoms with van der Waals surface area (Å²) < 4.78 is 7.72. The third-order valence-electron chi connectivity index (χ3n) is 3.56. The van der Waals surface area contributed by atoms with E-state index < -0.39 is 0 Å². The maximum absolute atomic E-state index is 5.98. The highest BCUT2D eigenvalue weighted by atomic mass is 16.5. The molecule has 2 aromatic rings. The molecule has 1 aromatic carbocycles. The van der Waals surface area contributed by atoms with E-state index in [-0.39, 0.29) is 0 Å². The van der Waals surface area contributed by atoms with E-state index in [2.05, 4.69) is 17.0 Å². The molecule has 5 heteroatoms. The highest BCUT2D eigenvalue weighted by Gasteiger charge is 2.09. The van der Waals surface area contributed by atoms with Crippen LogP contribution >= 0.6 is 0 Å². The molecule has 0 amide bonds. The van der Waals surface area contributed by atoms with E-state index in [1.165, 1.54) is 0 Å². The molecule has 0 saturated heterocycles. The lowest BCUT2D eigenvalue weighted by Crippen LogP contribution is -2.14. The van der Waals surface area contributed by atoms with Gasteiger partial charge < -0.3 is 9.64 Å². The molecule has 0 fully saturated rings. The van der Waals surface area contributed by atoms with Crippen LogP contribution in [0.5, 0.6) is 11.6 Å². The van der Waals surface area contributed by atoms with Crippen molar-refractivity contribution < 1.29 is 4.74 Å². The van der Waals surface area contributed by atoms with Crippen LogP contribution in [0.15, 0.2) is 23.2 Å². The zero-order chi connectivity index (χ0) is 16.3. The van der Waals surface area contributed by atoms with Crippen LogP contribution in [-0.4, -0.2) is 34.6 Å². The normalized spacial score (nSPS) is 11.2. The minimum absolute atomic E-state index is 0.738. The Balaban J connectivity index is 2.26. The summed E-state index contributed by atoms with van der Waals surface area (Å²) in [6.45, 7) is 9.05. The van der Waals surface area contributed by atoms with Crippen molar-refractivity contribution in [1.82, 2.24) is 14.7 Å². The topological polar surface area (TPSA) is 42.6 Å². The number of hydrogen-bond acceptors (Lipinski definition) is 3. The Kier molecular flexibility index (Phi) is 4.85. The molecule has 22 heavy (non-hydrogen) atoms. The number of hydrogen-bond donors (Lipinski definition) is 0. The third kappa shape index (κ3) is 3.67. The number of rotatable bonds is 5. The fraction of sp³-hybridized carbons (Fsp3) is 0.412. The Labute approximate surface area is 132 Å². The van der Waals surface area contributed by atoms with E-state index >= 15 is 0 Å². The van der Waals surface area contributed by atoms with Gasteiger partial charge in [-0.05, 0) is 51.0 Å². The Bertz CT molecular complexity index is 688. The van der Waals surface area contributed by atoms with Crippen LogP contribution in [0.3, 0.4) is 0 Å². The summed E-state index contributed by atoms with van der Waals surface area (Å²) in [5, 5.41) is 4.30. The van der Waals surface area contributed by atoms with Crippen molar-refractivity contribution in [3.05, 3.63) is 35.0 Å². The first-order chi connectivity index (χ1) is 10.4. The number of ether oxygens (including phenoxy) is 1. The zero-order valence-corrected chi connectivity index (χ0v) is 14.2. The second-order valence-corrected chi connectivity index (χ2v) is 5.57. The molecular formula is C17H24N4O. The van der Waals surface area contributed by atoms with Gasteiger partial charge in [-0.1, -0.05) is 0 Å². The van der Waals surface area contributed by atoms with E-state index in [0.29, 0.717) is 0 Å². The van der Waals surface area contributed by atoms with Crippen LogP contribution in [-0.2, 0) is 7.05 Å². The molecule has 118 valence electrons. The molecule has 0 unspecified atom stereocenters. The summed E-state index contributed by atoms with van der Waals surface area (Å²) in [5.41, 5.74) is 4.04. The van der Waals surface area contributed by atoms with Gasteiger partial charge in [-0.15, -0.1) is 0 Å². The highest BCUT2D eigenvalue weighted by molar-refractivity contribution is 5.64. The third-order valence-corrected chi connectivity index (χ3v) is 3.56. The zero-order valence-electron chi connectivity index (χ0n) is 14.2. The van der Waals surface area contributed by atoms with Crippen molar-refractivity contribution in [3.8, 4) is 11.6 Å². The van der Waals surface area contributed by atoms with Crippen LogP contribution in [0.4, 0.5) is 5.69 Å². The van der Waals surface area contributed by atoms with Gasteiger partial charge in [0.15, 0.2) is 0 Å². The Morgan fingerprint density at radius 3 is 2.55 bits per heavy atom. The average Bonchev–Trinajstić information content (AvgIpc) is 2.78. The van der Waals surface area contributed by atoms with Crippen molar-refractivity contribution in [1.29, 1.82) is 0 Å². The van der Waals surface area contributed by atoms with E-state index in [4.69, 9.17) is 4.74 Å². The summed E-state index contributed by atoms with van der Waals surface area (Å²) in [5.74, 6) is 1.57. The Morgan fingerprint density at radius 2 is 1.95 bits per heavy atom. The fourth-order valence-electron chi connectivity index (χ4n) is 2.06. The van der Waals surface area contributed by atoms with Gasteiger partial charge in [0.25, 0.3) is 0 Å². The van der Waals surface area contributed by atoms with E-state index in [9.17, 15) is 0 Å². The van der Waals surface area contributed by atoms with Crippen molar-refractivity contribution in [2.45, 2.75) is 27.7 Å². The summed E-state index contributed by atoms with van der Waals surface area (Å²) in [4.78, 5) is 6.57. The average molecular weight is 300 g/mol. The van der Waals surface area contributed by atoms with Crippen molar-refractivity contribution in [2.24, 2.45) is 12.0 Å². The lowest BCUT2D eigenvalue weighted by molar-refractivity contribution is 0.427. The number of benzene rings is 1. The van der Waals surface area contributed by atoms with Gasteiger partial charge >= 0.3 is 0 Å². The fourth-order valence-corrected chi connectivity index (χ4v) is 2.06. The maximum Gasteiger partial charge on any atom is 0.217 e. The van der Waals surface area contributed by atoms with Crippen LogP contribution in [0.25, 0.3) is 0 Å². The van der Waals surface area contributed by atoms with Crippen LogP contribution in [0, 0.1) is 20.8 Å². The molecule has 2 rings (SSSR count). The predicted octanol–water partition coefficient (Wildman–Crippen LogP) is 3.75. The standard InChI is InChI=1S/C17H24N4O/c1-7-20(5)11-18-15-8-13(3)16(9-12(15)2)22-17-10-14(4)19-21(17)6/h8-11H,7H2,1-6H3. The quantitative estimate of drug-likeness (QED) is 0.624. The molecule has 0 spiro atoms. The highest BCUT2D eigenvalue weighted by Crippen LogP contribution is 2.31. The summed E-state index contributed by atoms with van der Waals surface area (Å²) >= 11 is 0. The molecule has 0 saturated carbocycles. The first kappa shape index (κ1) is 16.1. The molecule has 0 aliphatic heterocycles. The van der Waals surface area contributed by atoms with Gasteiger partial charge in [-0.3, -0.25) is 0 Å². The second kappa shape index (κ2) is 6.64. The Hall–Kier alpha value is -2.30. The number of aryl methyl sites for hydroxylation is 4.